The molecule has 0 spiro atoms. The third-order valence-corrected chi connectivity index (χ3v) is 4.12. The lowest BCUT2D eigenvalue weighted by atomic mass is 10.1. The van der Waals surface area contributed by atoms with Crippen molar-refractivity contribution in [2.75, 3.05) is 26.2 Å². The molecule has 0 radical (unpaired) electrons. The van der Waals surface area contributed by atoms with Crippen LogP contribution in [0.3, 0.4) is 0 Å². The van der Waals surface area contributed by atoms with Crippen molar-refractivity contribution in [3.8, 4) is 0 Å². The number of halogens is 1. The van der Waals surface area contributed by atoms with Gasteiger partial charge in [-0.3, -0.25) is 14.9 Å². The molecule has 25 heavy (non-hydrogen) atoms. The quantitative estimate of drug-likeness (QED) is 0.337. The first-order chi connectivity index (χ1) is 11.5. The van der Waals surface area contributed by atoms with Gasteiger partial charge in [0, 0.05) is 44.1 Å². The summed E-state index contributed by atoms with van der Waals surface area (Å²) >= 11 is 0. The number of aromatic nitrogens is 1. The molecule has 6 heteroatoms. The van der Waals surface area contributed by atoms with E-state index >= 15 is 0 Å². The molecular weight excluding hydrogens is 425 g/mol. The summed E-state index contributed by atoms with van der Waals surface area (Å²) in [6, 6.07) is 3.18. The molecule has 0 saturated carbocycles. The van der Waals surface area contributed by atoms with Crippen LogP contribution in [0.25, 0.3) is 0 Å². The van der Waals surface area contributed by atoms with Gasteiger partial charge in [-0.05, 0) is 65.2 Å². The van der Waals surface area contributed by atoms with Crippen molar-refractivity contribution in [1.29, 1.82) is 0 Å². The number of pyridine rings is 1. The Bertz CT molecular complexity index is 494. The Morgan fingerprint density at radius 1 is 1.20 bits per heavy atom. The highest BCUT2D eigenvalue weighted by Crippen LogP contribution is 2.05. The van der Waals surface area contributed by atoms with E-state index in [2.05, 4.69) is 68.1 Å². The highest BCUT2D eigenvalue weighted by molar-refractivity contribution is 14.0. The largest absolute Gasteiger partial charge is 0.357 e. The number of aliphatic imine (C=N–C) groups is 1. The van der Waals surface area contributed by atoms with Gasteiger partial charge in [-0.25, -0.2) is 0 Å². The van der Waals surface area contributed by atoms with E-state index in [0.29, 0.717) is 12.1 Å². The molecular formula is C19H36IN5. The molecule has 0 aliphatic heterocycles. The molecule has 0 unspecified atom stereocenters. The second-order valence-electron chi connectivity index (χ2n) is 6.66. The van der Waals surface area contributed by atoms with Crippen molar-refractivity contribution in [2.45, 2.75) is 60.0 Å². The van der Waals surface area contributed by atoms with Crippen molar-refractivity contribution >= 4 is 29.9 Å². The van der Waals surface area contributed by atoms with E-state index in [4.69, 9.17) is 4.99 Å². The summed E-state index contributed by atoms with van der Waals surface area (Å²) in [6.07, 6.45) is 4.75. The number of guanidine groups is 1. The van der Waals surface area contributed by atoms with Gasteiger partial charge >= 0.3 is 0 Å². The van der Waals surface area contributed by atoms with Crippen LogP contribution in [0.1, 0.15) is 45.7 Å². The number of nitrogens with zero attached hydrogens (tertiary/aromatic N) is 3. The number of rotatable bonds is 9. The maximum absolute atomic E-state index is 4.71. The maximum Gasteiger partial charge on any atom is 0.191 e. The number of nitrogens with one attached hydrogen (secondary N) is 2. The molecule has 2 N–H and O–H groups in total. The summed E-state index contributed by atoms with van der Waals surface area (Å²) < 4.78 is 0. The monoisotopic (exact) mass is 461 g/mol. The maximum atomic E-state index is 4.71. The molecule has 1 rings (SSSR count). The number of aryl methyl sites for hydroxylation is 1. The smallest absolute Gasteiger partial charge is 0.191 e. The van der Waals surface area contributed by atoms with Crippen LogP contribution in [0.4, 0.5) is 0 Å². The molecule has 0 amide bonds. The van der Waals surface area contributed by atoms with Crippen LogP contribution in [0, 0.1) is 6.92 Å². The van der Waals surface area contributed by atoms with Gasteiger partial charge in [0.2, 0.25) is 0 Å². The Morgan fingerprint density at radius 2 is 1.88 bits per heavy atom. The molecule has 1 heterocycles. The number of hydrogen-bond donors (Lipinski definition) is 2. The second kappa shape index (κ2) is 13.3. The normalized spacial score (nSPS) is 11.8. The van der Waals surface area contributed by atoms with E-state index in [1.165, 1.54) is 11.1 Å². The molecule has 5 nitrogen and oxygen atoms in total. The van der Waals surface area contributed by atoms with Crippen molar-refractivity contribution in [2.24, 2.45) is 4.99 Å². The molecule has 144 valence electrons. The standard InChI is InChI=1S/C19H35N5.HI/c1-7-21-19(23-12-13-24(15(2)3)16(4)5)22-11-9-18-8-10-20-14-17(18)6;/h8,10,14-16H,7,9,11-13H2,1-6H3,(H2,21,22,23);1H. The Kier molecular flexibility index (Phi) is 12.9. The van der Waals surface area contributed by atoms with Crippen LogP contribution in [0.15, 0.2) is 23.5 Å². The predicted molar refractivity (Wildman–Crippen MR) is 119 cm³/mol. The zero-order valence-corrected chi connectivity index (χ0v) is 19.0. The molecule has 0 aliphatic rings. The summed E-state index contributed by atoms with van der Waals surface area (Å²) in [5.41, 5.74) is 2.57. The van der Waals surface area contributed by atoms with Gasteiger partial charge in [0.05, 0.1) is 6.54 Å². The predicted octanol–water partition coefficient (Wildman–Crippen LogP) is 3.22. The van der Waals surface area contributed by atoms with E-state index in [-0.39, 0.29) is 24.0 Å². The summed E-state index contributed by atoms with van der Waals surface area (Å²) in [4.78, 5) is 11.3. The second-order valence-corrected chi connectivity index (χ2v) is 6.66. The van der Waals surface area contributed by atoms with Crippen LogP contribution >= 0.6 is 24.0 Å². The molecule has 0 aromatic carbocycles. The fourth-order valence-electron chi connectivity index (χ4n) is 2.83. The average Bonchev–Trinajstić information content (AvgIpc) is 2.52. The van der Waals surface area contributed by atoms with Crippen LogP contribution in [-0.4, -0.2) is 54.1 Å². The summed E-state index contributed by atoms with van der Waals surface area (Å²) in [5.74, 6) is 0.900. The Balaban J connectivity index is 0.00000576. The van der Waals surface area contributed by atoms with Gasteiger partial charge in [0.15, 0.2) is 5.96 Å². The minimum absolute atomic E-state index is 0. The minimum Gasteiger partial charge on any atom is -0.357 e. The van der Waals surface area contributed by atoms with Crippen molar-refractivity contribution < 1.29 is 0 Å². The Labute approximate surface area is 171 Å². The lowest BCUT2D eigenvalue weighted by molar-refractivity contribution is 0.181. The lowest BCUT2D eigenvalue weighted by Crippen LogP contribution is -2.41. The summed E-state index contributed by atoms with van der Waals surface area (Å²) in [6.45, 7) is 16.7. The van der Waals surface area contributed by atoms with Crippen molar-refractivity contribution in [3.05, 3.63) is 29.6 Å². The third kappa shape index (κ3) is 9.39. The fourth-order valence-corrected chi connectivity index (χ4v) is 2.83. The van der Waals surface area contributed by atoms with E-state index in [1.807, 2.05) is 12.4 Å². The first kappa shape index (κ1) is 24.1. The Hall–Kier alpha value is -0.890. The van der Waals surface area contributed by atoms with Crippen LogP contribution in [-0.2, 0) is 6.42 Å². The zero-order chi connectivity index (χ0) is 17.9. The topological polar surface area (TPSA) is 52.6 Å². The Morgan fingerprint density at radius 3 is 2.44 bits per heavy atom. The number of hydrogen-bond acceptors (Lipinski definition) is 3. The molecule has 1 aromatic heterocycles. The fraction of sp³-hybridized carbons (Fsp3) is 0.684. The first-order valence-corrected chi connectivity index (χ1v) is 9.13. The molecule has 0 aliphatic carbocycles. The average molecular weight is 461 g/mol. The molecule has 0 saturated heterocycles. The van der Waals surface area contributed by atoms with E-state index in [1.54, 1.807) is 0 Å². The van der Waals surface area contributed by atoms with Crippen LogP contribution < -0.4 is 10.6 Å². The first-order valence-electron chi connectivity index (χ1n) is 9.13. The van der Waals surface area contributed by atoms with E-state index in [0.717, 1.165) is 38.6 Å². The molecule has 1 aromatic rings. The van der Waals surface area contributed by atoms with Gasteiger partial charge in [-0.1, -0.05) is 0 Å². The molecule has 0 atom stereocenters. The highest BCUT2D eigenvalue weighted by Gasteiger charge is 2.12. The van der Waals surface area contributed by atoms with Crippen molar-refractivity contribution in [1.82, 2.24) is 20.5 Å². The molecule has 0 bridgehead atoms. The SMILES string of the molecule is CCNC(=NCCN(C(C)C)C(C)C)NCCc1ccncc1C.I. The van der Waals surface area contributed by atoms with Crippen LogP contribution in [0.5, 0.6) is 0 Å². The van der Waals surface area contributed by atoms with Gasteiger partial charge in [0.25, 0.3) is 0 Å². The van der Waals surface area contributed by atoms with Gasteiger partial charge in [-0.2, -0.15) is 0 Å². The van der Waals surface area contributed by atoms with Gasteiger partial charge < -0.3 is 10.6 Å². The van der Waals surface area contributed by atoms with Gasteiger partial charge in [0.1, 0.15) is 0 Å². The van der Waals surface area contributed by atoms with E-state index in [9.17, 15) is 0 Å². The summed E-state index contributed by atoms with van der Waals surface area (Å²) in [7, 11) is 0. The van der Waals surface area contributed by atoms with Crippen LogP contribution in [0.2, 0.25) is 0 Å². The summed E-state index contributed by atoms with van der Waals surface area (Å²) in [5, 5.41) is 6.75. The highest BCUT2D eigenvalue weighted by atomic mass is 127. The van der Waals surface area contributed by atoms with E-state index < -0.39 is 0 Å². The van der Waals surface area contributed by atoms with Gasteiger partial charge in [-0.15, -0.1) is 24.0 Å². The minimum atomic E-state index is 0. The lowest BCUT2D eigenvalue weighted by Gasteiger charge is -2.29. The van der Waals surface area contributed by atoms with Crippen molar-refractivity contribution in [3.63, 3.8) is 0 Å². The zero-order valence-electron chi connectivity index (χ0n) is 16.7. The molecule has 0 fully saturated rings. The third-order valence-electron chi connectivity index (χ3n) is 4.12.